The number of hydrogen-bond donors (Lipinski definition) is 1. The molecule has 0 fully saturated rings. The second-order valence-corrected chi connectivity index (χ2v) is 3.43. The van der Waals surface area contributed by atoms with Gasteiger partial charge in [0.25, 0.3) is 0 Å². The number of anilines is 1. The lowest BCUT2D eigenvalue weighted by Gasteiger charge is -2.08. The lowest BCUT2D eigenvalue weighted by molar-refractivity contribution is 0.477. The van der Waals surface area contributed by atoms with Crippen molar-refractivity contribution < 1.29 is 0 Å². The summed E-state index contributed by atoms with van der Waals surface area (Å²) in [5.41, 5.74) is 5.67. The fourth-order valence-corrected chi connectivity index (χ4v) is 1.25. The molecular formula is C7H14N4S. The minimum Gasteiger partial charge on any atom is -0.368 e. The maximum Gasteiger partial charge on any atom is 0.219 e. The maximum atomic E-state index is 5.67. The van der Waals surface area contributed by atoms with Gasteiger partial charge in [-0.1, -0.05) is 18.7 Å². The predicted octanol–water partition coefficient (Wildman–Crippen LogP) is 1.55. The van der Waals surface area contributed by atoms with E-state index < -0.39 is 0 Å². The Bertz CT molecular complexity index is 258. The molecule has 0 saturated carbocycles. The van der Waals surface area contributed by atoms with E-state index in [1.165, 1.54) is 11.8 Å². The van der Waals surface area contributed by atoms with Crippen molar-refractivity contribution in [2.75, 3.05) is 12.0 Å². The van der Waals surface area contributed by atoms with E-state index in [0.29, 0.717) is 12.0 Å². The van der Waals surface area contributed by atoms with Crippen molar-refractivity contribution in [1.82, 2.24) is 14.8 Å². The van der Waals surface area contributed by atoms with Gasteiger partial charge in [0, 0.05) is 0 Å². The van der Waals surface area contributed by atoms with Crippen LogP contribution in [-0.2, 0) is 0 Å². The first-order valence-electron chi connectivity index (χ1n) is 3.95. The molecule has 2 N–H and O–H groups in total. The fraction of sp³-hybridized carbons (Fsp3) is 0.714. The Morgan fingerprint density at radius 1 is 1.67 bits per heavy atom. The average molecular weight is 186 g/mol. The largest absolute Gasteiger partial charge is 0.368 e. The summed E-state index contributed by atoms with van der Waals surface area (Å²) < 4.78 is 1.77. The Morgan fingerprint density at radius 2 is 2.33 bits per heavy atom. The van der Waals surface area contributed by atoms with Crippen molar-refractivity contribution in [2.24, 2.45) is 0 Å². The molecule has 1 aromatic heterocycles. The lowest BCUT2D eigenvalue weighted by Crippen LogP contribution is -2.09. The second-order valence-electron chi connectivity index (χ2n) is 2.66. The maximum absolute atomic E-state index is 5.67. The van der Waals surface area contributed by atoms with Gasteiger partial charge in [-0.3, -0.25) is 0 Å². The first kappa shape index (κ1) is 9.38. The summed E-state index contributed by atoms with van der Waals surface area (Å²) in [6.07, 6.45) is 2.96. The van der Waals surface area contributed by atoms with E-state index in [0.717, 1.165) is 11.6 Å². The minimum absolute atomic E-state index is 0.332. The number of nitrogen functional groups attached to an aromatic ring is 1. The van der Waals surface area contributed by atoms with Crippen LogP contribution in [-0.4, -0.2) is 21.0 Å². The van der Waals surface area contributed by atoms with Crippen LogP contribution >= 0.6 is 11.8 Å². The number of nitrogens with two attached hydrogens (primary N) is 1. The predicted molar refractivity (Wildman–Crippen MR) is 51.2 cm³/mol. The van der Waals surface area contributed by atoms with Gasteiger partial charge in [-0.2, -0.15) is 4.98 Å². The Hall–Kier alpha value is -0.710. The molecule has 0 aliphatic rings. The molecule has 0 aromatic carbocycles. The molecule has 1 unspecified atom stereocenters. The molecule has 5 heteroatoms. The smallest absolute Gasteiger partial charge is 0.219 e. The zero-order valence-electron chi connectivity index (χ0n) is 7.61. The summed E-state index contributed by atoms with van der Waals surface area (Å²) in [5.74, 6) is 0.508. The van der Waals surface area contributed by atoms with Crippen LogP contribution in [0.2, 0.25) is 0 Å². The standard InChI is InChI=1S/C7H14N4S/c1-4-5(2)11-6(8)9-7(10-11)12-3/h5H,4H2,1-3H3,(H2,8,9,10). The highest BCUT2D eigenvalue weighted by Gasteiger charge is 2.09. The Morgan fingerprint density at radius 3 is 2.75 bits per heavy atom. The molecular weight excluding hydrogens is 172 g/mol. The van der Waals surface area contributed by atoms with Gasteiger partial charge >= 0.3 is 0 Å². The molecule has 68 valence electrons. The molecule has 1 aromatic rings. The van der Waals surface area contributed by atoms with E-state index in [-0.39, 0.29) is 0 Å². The van der Waals surface area contributed by atoms with E-state index in [1.54, 1.807) is 4.68 Å². The third kappa shape index (κ3) is 1.72. The SMILES string of the molecule is CCC(C)n1nc(SC)nc1N. The Balaban J connectivity index is 2.91. The van der Waals surface area contributed by atoms with E-state index in [4.69, 9.17) is 5.73 Å². The zero-order chi connectivity index (χ0) is 9.14. The molecule has 1 rings (SSSR count). The number of thioether (sulfide) groups is 1. The van der Waals surface area contributed by atoms with Gasteiger partial charge < -0.3 is 5.73 Å². The molecule has 0 radical (unpaired) electrons. The van der Waals surface area contributed by atoms with Crippen LogP contribution in [0.3, 0.4) is 0 Å². The lowest BCUT2D eigenvalue weighted by atomic mass is 10.3. The molecule has 4 nitrogen and oxygen atoms in total. The summed E-state index contributed by atoms with van der Waals surface area (Å²) in [5, 5.41) is 4.99. The first-order chi connectivity index (χ1) is 5.69. The highest BCUT2D eigenvalue weighted by Crippen LogP contribution is 2.17. The van der Waals surface area contributed by atoms with E-state index in [1.807, 2.05) is 6.26 Å². The quantitative estimate of drug-likeness (QED) is 0.728. The fourth-order valence-electron chi connectivity index (χ4n) is 0.899. The van der Waals surface area contributed by atoms with Gasteiger partial charge in [0.1, 0.15) is 0 Å². The molecule has 0 spiro atoms. The first-order valence-corrected chi connectivity index (χ1v) is 5.17. The highest BCUT2D eigenvalue weighted by atomic mass is 32.2. The molecule has 1 atom stereocenters. The van der Waals surface area contributed by atoms with Gasteiger partial charge in [-0.05, 0) is 19.6 Å². The number of hydrogen-bond acceptors (Lipinski definition) is 4. The van der Waals surface area contributed by atoms with Crippen molar-refractivity contribution in [3.05, 3.63) is 0 Å². The van der Waals surface area contributed by atoms with Gasteiger partial charge in [0.05, 0.1) is 6.04 Å². The molecule has 1 heterocycles. The van der Waals surface area contributed by atoms with Crippen LogP contribution in [0.5, 0.6) is 0 Å². The third-order valence-electron chi connectivity index (χ3n) is 1.83. The molecule has 0 saturated heterocycles. The van der Waals surface area contributed by atoms with Crippen LogP contribution in [0.25, 0.3) is 0 Å². The Labute approximate surface area is 76.5 Å². The van der Waals surface area contributed by atoms with Crippen molar-refractivity contribution >= 4 is 17.7 Å². The van der Waals surface area contributed by atoms with Gasteiger partial charge in [0.2, 0.25) is 11.1 Å². The molecule has 0 aliphatic heterocycles. The van der Waals surface area contributed by atoms with Crippen LogP contribution in [0.15, 0.2) is 5.16 Å². The third-order valence-corrected chi connectivity index (χ3v) is 2.37. The van der Waals surface area contributed by atoms with E-state index in [9.17, 15) is 0 Å². The van der Waals surface area contributed by atoms with Crippen molar-refractivity contribution in [3.63, 3.8) is 0 Å². The molecule has 0 amide bonds. The normalized spacial score (nSPS) is 13.2. The Kier molecular flexibility index (Phi) is 2.97. The summed E-state index contributed by atoms with van der Waals surface area (Å²) in [4.78, 5) is 4.09. The van der Waals surface area contributed by atoms with E-state index in [2.05, 4.69) is 23.9 Å². The van der Waals surface area contributed by atoms with Crippen LogP contribution in [0.4, 0.5) is 5.95 Å². The zero-order valence-corrected chi connectivity index (χ0v) is 8.43. The number of rotatable bonds is 3. The topological polar surface area (TPSA) is 56.7 Å². The van der Waals surface area contributed by atoms with Crippen LogP contribution in [0, 0.1) is 0 Å². The minimum atomic E-state index is 0.332. The van der Waals surface area contributed by atoms with Crippen molar-refractivity contribution in [2.45, 2.75) is 31.5 Å². The number of nitrogens with zero attached hydrogens (tertiary/aromatic N) is 3. The van der Waals surface area contributed by atoms with Crippen molar-refractivity contribution in [1.29, 1.82) is 0 Å². The van der Waals surface area contributed by atoms with Gasteiger partial charge in [0.15, 0.2) is 0 Å². The van der Waals surface area contributed by atoms with Crippen LogP contribution in [0.1, 0.15) is 26.3 Å². The van der Waals surface area contributed by atoms with Crippen LogP contribution < -0.4 is 5.73 Å². The van der Waals surface area contributed by atoms with Gasteiger partial charge in [-0.15, -0.1) is 5.10 Å². The van der Waals surface area contributed by atoms with E-state index >= 15 is 0 Å². The summed E-state index contributed by atoms with van der Waals surface area (Å²) in [7, 11) is 0. The second kappa shape index (κ2) is 3.80. The summed E-state index contributed by atoms with van der Waals surface area (Å²) in [6.45, 7) is 4.18. The highest BCUT2D eigenvalue weighted by molar-refractivity contribution is 7.98. The molecule has 0 aliphatic carbocycles. The van der Waals surface area contributed by atoms with Crippen molar-refractivity contribution in [3.8, 4) is 0 Å². The average Bonchev–Trinajstić information content (AvgIpc) is 2.45. The summed E-state index contributed by atoms with van der Waals surface area (Å²) >= 11 is 1.51. The summed E-state index contributed by atoms with van der Waals surface area (Å²) in [6, 6.07) is 0.332. The monoisotopic (exact) mass is 186 g/mol. The molecule has 0 bridgehead atoms. The molecule has 12 heavy (non-hydrogen) atoms. The van der Waals surface area contributed by atoms with Gasteiger partial charge in [-0.25, -0.2) is 4.68 Å². The number of aromatic nitrogens is 3.